The molecule has 0 aromatic carbocycles. The standard InChI is InChI=1S/C13H25NO2/c1-6-8-9-14(11(3)4)12(5)13(15)16-10-7-2/h11H,5-10H2,1-4H3. The van der Waals surface area contributed by atoms with Gasteiger partial charge in [0.1, 0.15) is 5.70 Å². The van der Waals surface area contributed by atoms with Crippen molar-refractivity contribution in [3.63, 3.8) is 0 Å². The maximum Gasteiger partial charge on any atom is 0.353 e. The molecule has 94 valence electrons. The Balaban J connectivity index is 4.30. The van der Waals surface area contributed by atoms with Gasteiger partial charge in [0.05, 0.1) is 6.61 Å². The van der Waals surface area contributed by atoms with Crippen molar-refractivity contribution in [3.8, 4) is 0 Å². The first-order chi connectivity index (χ1) is 7.54. The van der Waals surface area contributed by atoms with Crippen molar-refractivity contribution in [2.75, 3.05) is 13.2 Å². The predicted molar refractivity (Wildman–Crippen MR) is 67.1 cm³/mol. The van der Waals surface area contributed by atoms with E-state index in [0.717, 1.165) is 25.8 Å². The first-order valence-electron chi connectivity index (χ1n) is 6.17. The van der Waals surface area contributed by atoms with Gasteiger partial charge in [0, 0.05) is 12.6 Å². The number of esters is 1. The third-order valence-corrected chi connectivity index (χ3v) is 2.40. The summed E-state index contributed by atoms with van der Waals surface area (Å²) in [4.78, 5) is 13.7. The van der Waals surface area contributed by atoms with E-state index in [0.29, 0.717) is 12.3 Å². The highest BCUT2D eigenvalue weighted by atomic mass is 16.5. The number of unbranched alkanes of at least 4 members (excludes halogenated alkanes) is 1. The number of carbonyl (C=O) groups is 1. The lowest BCUT2D eigenvalue weighted by Gasteiger charge is -2.29. The maximum atomic E-state index is 11.6. The lowest BCUT2D eigenvalue weighted by atomic mass is 10.2. The van der Waals surface area contributed by atoms with Crippen molar-refractivity contribution >= 4 is 5.97 Å². The van der Waals surface area contributed by atoms with Crippen molar-refractivity contribution in [2.24, 2.45) is 0 Å². The van der Waals surface area contributed by atoms with E-state index in [9.17, 15) is 4.79 Å². The Bertz CT molecular complexity index is 224. The van der Waals surface area contributed by atoms with Crippen LogP contribution in [0.1, 0.15) is 47.0 Å². The van der Waals surface area contributed by atoms with E-state index in [2.05, 4.69) is 27.4 Å². The summed E-state index contributed by atoms with van der Waals surface area (Å²) in [6, 6.07) is 0.285. The summed E-state index contributed by atoms with van der Waals surface area (Å²) in [5.41, 5.74) is 0.483. The molecule has 0 bridgehead atoms. The smallest absolute Gasteiger partial charge is 0.353 e. The summed E-state index contributed by atoms with van der Waals surface area (Å²) in [7, 11) is 0. The molecule has 0 spiro atoms. The third kappa shape index (κ3) is 5.19. The number of hydrogen-bond donors (Lipinski definition) is 0. The van der Waals surface area contributed by atoms with E-state index in [1.807, 2.05) is 11.8 Å². The second-order valence-electron chi connectivity index (χ2n) is 4.22. The number of rotatable bonds is 8. The molecule has 0 atom stereocenters. The molecule has 3 heteroatoms. The van der Waals surface area contributed by atoms with Crippen LogP contribution in [0.4, 0.5) is 0 Å². The second-order valence-corrected chi connectivity index (χ2v) is 4.22. The number of ether oxygens (including phenoxy) is 1. The zero-order valence-corrected chi connectivity index (χ0v) is 11.1. The van der Waals surface area contributed by atoms with Crippen LogP contribution in [0.3, 0.4) is 0 Å². The molecule has 0 N–H and O–H groups in total. The lowest BCUT2D eigenvalue weighted by molar-refractivity contribution is -0.141. The molecule has 0 saturated carbocycles. The maximum absolute atomic E-state index is 11.6. The normalized spacial score (nSPS) is 10.3. The van der Waals surface area contributed by atoms with E-state index < -0.39 is 0 Å². The van der Waals surface area contributed by atoms with Gasteiger partial charge in [-0.1, -0.05) is 26.8 Å². The van der Waals surface area contributed by atoms with Crippen LogP contribution in [0.5, 0.6) is 0 Å². The van der Waals surface area contributed by atoms with Crippen molar-refractivity contribution in [1.82, 2.24) is 4.90 Å². The minimum Gasteiger partial charge on any atom is -0.461 e. The zero-order chi connectivity index (χ0) is 12.6. The van der Waals surface area contributed by atoms with Gasteiger partial charge in [-0.15, -0.1) is 0 Å². The van der Waals surface area contributed by atoms with Crippen LogP contribution in [0.2, 0.25) is 0 Å². The van der Waals surface area contributed by atoms with Gasteiger partial charge in [-0.2, -0.15) is 0 Å². The van der Waals surface area contributed by atoms with Gasteiger partial charge in [-0.25, -0.2) is 4.79 Å². The molecule has 0 heterocycles. The molecular weight excluding hydrogens is 202 g/mol. The minimum atomic E-state index is -0.286. The molecule has 0 rings (SSSR count). The van der Waals surface area contributed by atoms with E-state index >= 15 is 0 Å². The van der Waals surface area contributed by atoms with Crippen molar-refractivity contribution in [3.05, 3.63) is 12.3 Å². The molecule has 0 aromatic heterocycles. The van der Waals surface area contributed by atoms with Gasteiger partial charge in [0.15, 0.2) is 0 Å². The quantitative estimate of drug-likeness (QED) is 0.471. The molecule has 0 amide bonds. The fourth-order valence-electron chi connectivity index (χ4n) is 1.43. The summed E-state index contributed by atoms with van der Waals surface area (Å²) < 4.78 is 5.08. The van der Waals surface area contributed by atoms with Crippen LogP contribution in [0.25, 0.3) is 0 Å². The van der Waals surface area contributed by atoms with Crippen molar-refractivity contribution in [2.45, 2.75) is 53.0 Å². The predicted octanol–water partition coefficient (Wildman–Crippen LogP) is 2.96. The van der Waals surface area contributed by atoms with E-state index in [1.165, 1.54) is 0 Å². The summed E-state index contributed by atoms with van der Waals surface area (Å²) in [5, 5.41) is 0. The first-order valence-corrected chi connectivity index (χ1v) is 6.17. The highest BCUT2D eigenvalue weighted by Gasteiger charge is 2.18. The molecule has 0 aromatic rings. The zero-order valence-electron chi connectivity index (χ0n) is 11.1. The number of carbonyl (C=O) groups excluding carboxylic acids is 1. The lowest BCUT2D eigenvalue weighted by Crippen LogP contribution is -2.34. The fraction of sp³-hybridized carbons (Fsp3) is 0.769. The Morgan fingerprint density at radius 3 is 2.38 bits per heavy atom. The third-order valence-electron chi connectivity index (χ3n) is 2.40. The van der Waals surface area contributed by atoms with Crippen LogP contribution < -0.4 is 0 Å². The van der Waals surface area contributed by atoms with Gasteiger partial charge in [0.25, 0.3) is 0 Å². The number of hydrogen-bond acceptors (Lipinski definition) is 3. The molecule has 0 unspecified atom stereocenters. The Morgan fingerprint density at radius 1 is 1.31 bits per heavy atom. The Hall–Kier alpha value is -0.990. The largest absolute Gasteiger partial charge is 0.461 e. The summed E-state index contributed by atoms with van der Waals surface area (Å²) >= 11 is 0. The Labute approximate surface area is 99.5 Å². The first kappa shape index (κ1) is 15.0. The van der Waals surface area contributed by atoms with E-state index in [1.54, 1.807) is 0 Å². The Morgan fingerprint density at radius 2 is 1.94 bits per heavy atom. The monoisotopic (exact) mass is 227 g/mol. The second kappa shape index (κ2) is 8.20. The molecule has 0 aliphatic heterocycles. The molecule has 0 aliphatic carbocycles. The average Bonchev–Trinajstić information content (AvgIpc) is 2.25. The highest BCUT2D eigenvalue weighted by Crippen LogP contribution is 2.11. The summed E-state index contributed by atoms with van der Waals surface area (Å²) in [5.74, 6) is -0.286. The highest BCUT2D eigenvalue weighted by molar-refractivity contribution is 5.87. The molecule has 3 nitrogen and oxygen atoms in total. The SMILES string of the molecule is C=C(C(=O)OCCC)N(CCCC)C(C)C. The van der Waals surface area contributed by atoms with Gasteiger partial charge >= 0.3 is 5.97 Å². The summed E-state index contributed by atoms with van der Waals surface area (Å²) in [6.07, 6.45) is 3.02. The average molecular weight is 227 g/mol. The molecule has 0 aliphatic rings. The van der Waals surface area contributed by atoms with Crippen molar-refractivity contribution in [1.29, 1.82) is 0 Å². The van der Waals surface area contributed by atoms with Gasteiger partial charge in [0.2, 0.25) is 0 Å². The van der Waals surface area contributed by atoms with Crippen LogP contribution in [0, 0.1) is 0 Å². The van der Waals surface area contributed by atoms with Crippen LogP contribution in [-0.4, -0.2) is 30.1 Å². The molecule has 16 heavy (non-hydrogen) atoms. The van der Waals surface area contributed by atoms with Crippen molar-refractivity contribution < 1.29 is 9.53 Å². The Kier molecular flexibility index (Phi) is 7.69. The molecular formula is C13H25NO2. The van der Waals surface area contributed by atoms with Crippen LogP contribution >= 0.6 is 0 Å². The van der Waals surface area contributed by atoms with Crippen LogP contribution in [-0.2, 0) is 9.53 Å². The van der Waals surface area contributed by atoms with E-state index in [-0.39, 0.29) is 12.0 Å². The van der Waals surface area contributed by atoms with Gasteiger partial charge in [-0.05, 0) is 26.7 Å². The molecule has 0 saturated heterocycles. The van der Waals surface area contributed by atoms with Gasteiger partial charge < -0.3 is 9.64 Å². The topological polar surface area (TPSA) is 29.5 Å². The van der Waals surface area contributed by atoms with E-state index in [4.69, 9.17) is 4.74 Å². The van der Waals surface area contributed by atoms with Crippen LogP contribution in [0.15, 0.2) is 12.3 Å². The molecule has 0 radical (unpaired) electrons. The minimum absolute atomic E-state index is 0.285. The summed E-state index contributed by atoms with van der Waals surface area (Å²) in [6.45, 7) is 13.4. The number of nitrogens with zero attached hydrogens (tertiary/aromatic N) is 1. The van der Waals surface area contributed by atoms with Gasteiger partial charge in [-0.3, -0.25) is 0 Å². The fourth-order valence-corrected chi connectivity index (χ4v) is 1.43. The molecule has 0 fully saturated rings.